The minimum Gasteiger partial charge on any atom is -0.361 e. The maximum absolute atomic E-state index is 12.6. The number of carbonyl (C=O) groups is 2. The van der Waals surface area contributed by atoms with Gasteiger partial charge < -0.3 is 10.3 Å². The molecule has 26 heavy (non-hydrogen) atoms. The maximum atomic E-state index is 12.6. The van der Waals surface area contributed by atoms with Crippen molar-refractivity contribution in [3.63, 3.8) is 0 Å². The molecule has 3 aromatic rings. The largest absolute Gasteiger partial charge is 0.361 e. The smallest absolute Gasteiger partial charge is 0.258 e. The Kier molecular flexibility index (Phi) is 4.99. The molecule has 2 N–H and O–H groups in total. The average molecular weight is 346 g/mol. The van der Waals surface area contributed by atoms with Crippen molar-refractivity contribution in [1.82, 2.24) is 15.2 Å². The van der Waals surface area contributed by atoms with Crippen LogP contribution in [0.25, 0.3) is 10.9 Å². The maximum Gasteiger partial charge on any atom is 0.258 e. The summed E-state index contributed by atoms with van der Waals surface area (Å²) in [6, 6.07) is 15.6. The van der Waals surface area contributed by atoms with Crippen LogP contribution in [0.3, 0.4) is 0 Å². The Hall–Kier alpha value is -3.59. The van der Waals surface area contributed by atoms with Gasteiger partial charge in [0.05, 0.1) is 0 Å². The van der Waals surface area contributed by atoms with Crippen molar-refractivity contribution in [3.8, 4) is 6.19 Å². The van der Waals surface area contributed by atoms with E-state index in [1.807, 2.05) is 36.5 Å². The van der Waals surface area contributed by atoms with Gasteiger partial charge in [0, 0.05) is 36.1 Å². The molecular formula is C20H18N4O2. The third-order valence-electron chi connectivity index (χ3n) is 4.22. The van der Waals surface area contributed by atoms with Crippen LogP contribution in [-0.4, -0.2) is 34.8 Å². The second kappa shape index (κ2) is 7.53. The van der Waals surface area contributed by atoms with Crippen molar-refractivity contribution in [3.05, 3.63) is 71.9 Å². The monoisotopic (exact) mass is 346 g/mol. The van der Waals surface area contributed by atoms with E-state index in [2.05, 4.69) is 10.3 Å². The summed E-state index contributed by atoms with van der Waals surface area (Å²) in [6.45, 7) is 0. The molecule has 0 spiro atoms. The molecule has 6 heteroatoms. The number of amides is 2. The highest BCUT2D eigenvalue weighted by atomic mass is 16.2. The summed E-state index contributed by atoms with van der Waals surface area (Å²) in [6.07, 6.45) is 3.91. The number of nitriles is 1. The molecule has 1 unspecified atom stereocenters. The number of nitrogens with one attached hydrogen (secondary N) is 2. The molecule has 0 bridgehead atoms. The first-order chi connectivity index (χ1) is 12.6. The van der Waals surface area contributed by atoms with Gasteiger partial charge in [-0.15, -0.1) is 0 Å². The number of benzene rings is 2. The summed E-state index contributed by atoms with van der Waals surface area (Å²) in [5.74, 6) is -0.808. The molecule has 2 amide bonds. The summed E-state index contributed by atoms with van der Waals surface area (Å²) in [7, 11) is 1.39. The van der Waals surface area contributed by atoms with E-state index in [4.69, 9.17) is 5.26 Å². The number of para-hydroxylation sites is 1. The molecule has 6 nitrogen and oxygen atoms in total. The molecule has 0 aliphatic heterocycles. The number of hydrogen-bond donors (Lipinski definition) is 2. The van der Waals surface area contributed by atoms with E-state index in [0.717, 1.165) is 21.4 Å². The number of aromatic nitrogens is 1. The Morgan fingerprint density at radius 1 is 1.15 bits per heavy atom. The highest BCUT2D eigenvalue weighted by Gasteiger charge is 2.26. The Morgan fingerprint density at radius 3 is 2.58 bits per heavy atom. The summed E-state index contributed by atoms with van der Waals surface area (Å²) >= 11 is 0. The molecule has 130 valence electrons. The summed E-state index contributed by atoms with van der Waals surface area (Å²) in [4.78, 5) is 29.2. The van der Waals surface area contributed by atoms with Crippen LogP contribution >= 0.6 is 0 Å². The zero-order valence-corrected chi connectivity index (χ0v) is 14.3. The minimum atomic E-state index is -0.841. The van der Waals surface area contributed by atoms with Crippen LogP contribution < -0.4 is 5.32 Å². The molecule has 1 atom stereocenters. The van der Waals surface area contributed by atoms with Crippen molar-refractivity contribution >= 4 is 22.7 Å². The van der Waals surface area contributed by atoms with Gasteiger partial charge in [-0.3, -0.25) is 14.5 Å². The fraction of sp³-hybridized carbons (Fsp3) is 0.150. The zero-order valence-electron chi connectivity index (χ0n) is 14.3. The van der Waals surface area contributed by atoms with Crippen LogP contribution in [0.2, 0.25) is 0 Å². The van der Waals surface area contributed by atoms with E-state index in [1.54, 1.807) is 30.5 Å². The topological polar surface area (TPSA) is 89.0 Å². The first kappa shape index (κ1) is 17.2. The van der Waals surface area contributed by atoms with Gasteiger partial charge in [-0.1, -0.05) is 36.4 Å². The van der Waals surface area contributed by atoms with Gasteiger partial charge in [-0.2, -0.15) is 5.26 Å². The predicted molar refractivity (Wildman–Crippen MR) is 98.1 cm³/mol. The molecule has 0 radical (unpaired) electrons. The van der Waals surface area contributed by atoms with Gasteiger partial charge in [-0.25, -0.2) is 0 Å². The second-order valence-electron chi connectivity index (χ2n) is 5.95. The fourth-order valence-corrected chi connectivity index (χ4v) is 2.83. The van der Waals surface area contributed by atoms with E-state index in [1.165, 1.54) is 7.05 Å². The number of H-pyrrole nitrogens is 1. The van der Waals surface area contributed by atoms with Gasteiger partial charge >= 0.3 is 0 Å². The van der Waals surface area contributed by atoms with Crippen LogP contribution in [0.15, 0.2) is 60.8 Å². The lowest BCUT2D eigenvalue weighted by Crippen LogP contribution is -2.47. The van der Waals surface area contributed by atoms with Gasteiger partial charge in [-0.05, 0) is 23.8 Å². The lowest BCUT2D eigenvalue weighted by atomic mass is 10.0. The van der Waals surface area contributed by atoms with Crippen LogP contribution in [0.5, 0.6) is 0 Å². The predicted octanol–water partition coefficient (Wildman–Crippen LogP) is 2.45. The Labute approximate surface area is 151 Å². The molecule has 0 aliphatic carbocycles. The summed E-state index contributed by atoms with van der Waals surface area (Å²) in [5, 5.41) is 12.8. The molecule has 2 aromatic carbocycles. The zero-order chi connectivity index (χ0) is 18.5. The van der Waals surface area contributed by atoms with E-state index in [9.17, 15) is 9.59 Å². The van der Waals surface area contributed by atoms with Crippen molar-refractivity contribution in [2.45, 2.75) is 12.5 Å². The molecule has 0 saturated carbocycles. The molecule has 0 fully saturated rings. The normalized spacial score (nSPS) is 11.5. The van der Waals surface area contributed by atoms with Crippen molar-refractivity contribution in [2.24, 2.45) is 0 Å². The van der Waals surface area contributed by atoms with Gasteiger partial charge in [0.25, 0.3) is 11.8 Å². The van der Waals surface area contributed by atoms with Crippen molar-refractivity contribution in [2.75, 3.05) is 7.05 Å². The Balaban J connectivity index is 1.87. The summed E-state index contributed by atoms with van der Waals surface area (Å²) < 4.78 is 0. The van der Waals surface area contributed by atoms with E-state index < -0.39 is 11.9 Å². The van der Waals surface area contributed by atoms with Crippen molar-refractivity contribution < 1.29 is 9.59 Å². The van der Waals surface area contributed by atoms with Gasteiger partial charge in [0.1, 0.15) is 6.04 Å². The molecule has 1 aromatic heterocycles. The lowest BCUT2D eigenvalue weighted by molar-refractivity contribution is -0.129. The minimum absolute atomic E-state index is 0.285. The quantitative estimate of drug-likeness (QED) is 0.549. The number of likely N-dealkylation sites (N-methyl/N-ethyl adjacent to an activating group) is 1. The number of carbonyl (C=O) groups excluding carboxylic acids is 2. The standard InChI is InChI=1S/C20H18N4O2/c1-24(13-21)20(26)18(23-19(25)14-7-3-2-4-8-14)11-15-12-22-17-10-6-5-9-16(15)17/h2-10,12,18,22H,11H2,1H3,(H,23,25). The molecule has 3 rings (SSSR count). The van der Waals surface area contributed by atoms with Crippen LogP contribution in [0.1, 0.15) is 15.9 Å². The van der Waals surface area contributed by atoms with Crippen LogP contribution in [-0.2, 0) is 11.2 Å². The van der Waals surface area contributed by atoms with Gasteiger partial charge in [0.15, 0.2) is 6.19 Å². The highest BCUT2D eigenvalue weighted by molar-refractivity contribution is 5.98. The number of hydrogen-bond acceptors (Lipinski definition) is 3. The first-order valence-electron chi connectivity index (χ1n) is 8.18. The van der Waals surface area contributed by atoms with E-state index in [-0.39, 0.29) is 12.3 Å². The molecule has 0 aliphatic rings. The van der Waals surface area contributed by atoms with E-state index >= 15 is 0 Å². The highest BCUT2D eigenvalue weighted by Crippen LogP contribution is 2.19. The number of aromatic amines is 1. The SMILES string of the molecule is CN(C#N)C(=O)C(Cc1c[nH]c2ccccc12)NC(=O)c1ccccc1. The summed E-state index contributed by atoms with van der Waals surface area (Å²) in [5.41, 5.74) is 2.32. The molecule has 1 heterocycles. The fourth-order valence-electron chi connectivity index (χ4n) is 2.83. The average Bonchev–Trinajstić information content (AvgIpc) is 3.10. The molecule has 0 saturated heterocycles. The number of nitrogens with zero attached hydrogens (tertiary/aromatic N) is 2. The number of fused-ring (bicyclic) bond motifs is 1. The van der Waals surface area contributed by atoms with Crippen LogP contribution in [0, 0.1) is 11.5 Å². The first-order valence-corrected chi connectivity index (χ1v) is 8.18. The third-order valence-corrected chi connectivity index (χ3v) is 4.22. The third kappa shape index (κ3) is 3.57. The number of rotatable bonds is 5. The second-order valence-corrected chi connectivity index (χ2v) is 5.95. The lowest BCUT2D eigenvalue weighted by Gasteiger charge is -2.20. The van der Waals surface area contributed by atoms with E-state index in [0.29, 0.717) is 5.56 Å². The van der Waals surface area contributed by atoms with Crippen LogP contribution in [0.4, 0.5) is 0 Å². The Morgan fingerprint density at radius 2 is 1.85 bits per heavy atom. The van der Waals surface area contributed by atoms with Crippen molar-refractivity contribution in [1.29, 1.82) is 5.26 Å². The molecular weight excluding hydrogens is 328 g/mol. The Bertz CT molecular complexity index is 972. The van der Waals surface area contributed by atoms with Gasteiger partial charge in [0.2, 0.25) is 0 Å².